The van der Waals surface area contributed by atoms with Crippen LogP contribution in [0, 0.1) is 0 Å². The lowest BCUT2D eigenvalue weighted by Crippen LogP contribution is -2.29. The molecule has 62 valence electrons. The molecule has 4 nitrogen and oxygen atoms in total. The summed E-state index contributed by atoms with van der Waals surface area (Å²) in [5.41, 5.74) is 5.92. The summed E-state index contributed by atoms with van der Waals surface area (Å²) in [5.74, 6) is -0.406. The molecule has 2 atom stereocenters. The molecule has 0 aromatic carbocycles. The monoisotopic (exact) mass is 157 g/mol. The van der Waals surface area contributed by atoms with Gasteiger partial charge in [0.05, 0.1) is 13.2 Å². The van der Waals surface area contributed by atoms with Crippen molar-refractivity contribution in [2.24, 2.45) is 5.73 Å². The lowest BCUT2D eigenvalue weighted by Gasteiger charge is -2.05. The SMILES string of the molecule is COC(=O)C1=C[C@H](O)[C@@H](N)C1. The molecule has 0 fully saturated rings. The molecule has 0 unspecified atom stereocenters. The van der Waals surface area contributed by atoms with Crippen LogP contribution in [0.5, 0.6) is 0 Å². The smallest absolute Gasteiger partial charge is 0.333 e. The number of aliphatic hydroxyl groups is 1. The predicted octanol–water partition coefficient (Wildman–Crippen LogP) is -0.822. The lowest BCUT2D eigenvalue weighted by atomic mass is 10.2. The lowest BCUT2D eigenvalue weighted by molar-refractivity contribution is -0.136. The number of esters is 1. The van der Waals surface area contributed by atoms with Crippen LogP contribution >= 0.6 is 0 Å². The fourth-order valence-electron chi connectivity index (χ4n) is 1.05. The Morgan fingerprint density at radius 2 is 2.55 bits per heavy atom. The molecular formula is C7H11NO3. The molecule has 3 N–H and O–H groups in total. The van der Waals surface area contributed by atoms with E-state index in [0.29, 0.717) is 12.0 Å². The molecule has 0 aromatic heterocycles. The maximum atomic E-state index is 10.8. The molecule has 0 bridgehead atoms. The highest BCUT2D eigenvalue weighted by molar-refractivity contribution is 5.89. The van der Waals surface area contributed by atoms with Crippen LogP contribution in [0.4, 0.5) is 0 Å². The van der Waals surface area contributed by atoms with Crippen LogP contribution in [-0.4, -0.2) is 30.3 Å². The first kappa shape index (κ1) is 8.23. The van der Waals surface area contributed by atoms with E-state index in [-0.39, 0.29) is 6.04 Å². The highest BCUT2D eigenvalue weighted by Crippen LogP contribution is 2.18. The first-order valence-corrected chi connectivity index (χ1v) is 3.38. The van der Waals surface area contributed by atoms with Crippen molar-refractivity contribution < 1.29 is 14.6 Å². The maximum Gasteiger partial charge on any atom is 0.333 e. The van der Waals surface area contributed by atoms with E-state index < -0.39 is 12.1 Å². The van der Waals surface area contributed by atoms with Crippen LogP contribution in [0.1, 0.15) is 6.42 Å². The summed E-state index contributed by atoms with van der Waals surface area (Å²) in [5, 5.41) is 9.10. The first-order chi connectivity index (χ1) is 5.15. The Balaban J connectivity index is 2.63. The van der Waals surface area contributed by atoms with E-state index in [1.54, 1.807) is 0 Å². The summed E-state index contributed by atoms with van der Waals surface area (Å²) in [7, 11) is 1.30. The van der Waals surface area contributed by atoms with Crippen molar-refractivity contribution in [1.82, 2.24) is 0 Å². The normalized spacial score (nSPS) is 29.9. The predicted molar refractivity (Wildman–Crippen MR) is 38.7 cm³/mol. The Bertz CT molecular complexity index is 200. The average Bonchev–Trinajstić information content (AvgIpc) is 2.31. The number of aliphatic hydroxyl groups excluding tert-OH is 1. The number of carbonyl (C=O) groups excluding carboxylic acids is 1. The second-order valence-electron chi connectivity index (χ2n) is 2.54. The van der Waals surface area contributed by atoms with Crippen molar-refractivity contribution in [2.45, 2.75) is 18.6 Å². The Labute approximate surface area is 64.6 Å². The van der Waals surface area contributed by atoms with E-state index in [2.05, 4.69) is 4.74 Å². The van der Waals surface area contributed by atoms with Gasteiger partial charge < -0.3 is 15.6 Å². The van der Waals surface area contributed by atoms with Crippen LogP contribution < -0.4 is 5.73 Å². The molecule has 0 amide bonds. The summed E-state index contributed by atoms with van der Waals surface area (Å²) in [6, 6.07) is -0.357. The van der Waals surface area contributed by atoms with E-state index in [4.69, 9.17) is 10.8 Å². The van der Waals surface area contributed by atoms with Gasteiger partial charge in [0.1, 0.15) is 0 Å². The van der Waals surface area contributed by atoms with E-state index in [9.17, 15) is 4.79 Å². The van der Waals surface area contributed by atoms with Crippen molar-refractivity contribution in [3.8, 4) is 0 Å². The molecule has 0 saturated carbocycles. The second kappa shape index (κ2) is 3.02. The van der Waals surface area contributed by atoms with Gasteiger partial charge in [-0.05, 0) is 12.5 Å². The molecule has 1 aliphatic rings. The Kier molecular flexibility index (Phi) is 2.26. The Morgan fingerprint density at radius 3 is 2.91 bits per heavy atom. The van der Waals surface area contributed by atoms with Crippen molar-refractivity contribution >= 4 is 5.97 Å². The average molecular weight is 157 g/mol. The molecule has 11 heavy (non-hydrogen) atoms. The number of hydrogen-bond donors (Lipinski definition) is 2. The number of nitrogens with two attached hydrogens (primary N) is 1. The molecular weight excluding hydrogens is 146 g/mol. The second-order valence-corrected chi connectivity index (χ2v) is 2.54. The quantitative estimate of drug-likeness (QED) is 0.488. The van der Waals surface area contributed by atoms with Crippen molar-refractivity contribution in [2.75, 3.05) is 7.11 Å². The van der Waals surface area contributed by atoms with Crippen molar-refractivity contribution in [1.29, 1.82) is 0 Å². The van der Waals surface area contributed by atoms with Gasteiger partial charge in [-0.15, -0.1) is 0 Å². The Hall–Kier alpha value is -0.870. The third-order valence-corrected chi connectivity index (χ3v) is 1.71. The minimum atomic E-state index is -0.705. The van der Waals surface area contributed by atoms with Gasteiger partial charge in [-0.2, -0.15) is 0 Å². The largest absolute Gasteiger partial charge is 0.466 e. The Morgan fingerprint density at radius 1 is 1.91 bits per heavy atom. The summed E-state index contributed by atoms with van der Waals surface area (Å²) in [6.45, 7) is 0. The number of ether oxygens (including phenoxy) is 1. The zero-order valence-electron chi connectivity index (χ0n) is 6.28. The zero-order chi connectivity index (χ0) is 8.43. The highest BCUT2D eigenvalue weighted by Gasteiger charge is 2.26. The maximum absolute atomic E-state index is 10.8. The van der Waals surface area contributed by atoms with Crippen LogP contribution in [0.2, 0.25) is 0 Å². The van der Waals surface area contributed by atoms with Gasteiger partial charge >= 0.3 is 5.97 Å². The van der Waals surface area contributed by atoms with Crippen molar-refractivity contribution in [3.05, 3.63) is 11.6 Å². The molecule has 0 radical (unpaired) electrons. The number of methoxy groups -OCH3 is 1. The van der Waals surface area contributed by atoms with E-state index in [0.717, 1.165) is 0 Å². The van der Waals surface area contributed by atoms with Crippen LogP contribution in [0.15, 0.2) is 11.6 Å². The van der Waals surface area contributed by atoms with E-state index >= 15 is 0 Å². The van der Waals surface area contributed by atoms with Gasteiger partial charge in [-0.25, -0.2) is 4.79 Å². The summed E-state index contributed by atoms with van der Waals surface area (Å²) in [4.78, 5) is 10.8. The minimum absolute atomic E-state index is 0.357. The molecule has 0 heterocycles. The standard InChI is InChI=1S/C7H11NO3/c1-11-7(10)4-2-5(8)6(9)3-4/h3,5-6,9H,2,8H2,1H3/t5-,6-/m0/s1. The number of hydrogen-bond acceptors (Lipinski definition) is 4. The summed E-state index contributed by atoms with van der Waals surface area (Å²) in [6.07, 6.45) is 1.13. The van der Waals surface area contributed by atoms with Gasteiger partial charge in [0.25, 0.3) is 0 Å². The molecule has 1 aliphatic carbocycles. The van der Waals surface area contributed by atoms with Crippen LogP contribution in [0.25, 0.3) is 0 Å². The molecule has 0 spiro atoms. The van der Waals surface area contributed by atoms with Gasteiger partial charge in [0.2, 0.25) is 0 Å². The number of rotatable bonds is 1. The van der Waals surface area contributed by atoms with Crippen LogP contribution in [-0.2, 0) is 9.53 Å². The van der Waals surface area contributed by atoms with Gasteiger partial charge in [-0.1, -0.05) is 0 Å². The van der Waals surface area contributed by atoms with Gasteiger partial charge in [0, 0.05) is 11.6 Å². The zero-order valence-corrected chi connectivity index (χ0v) is 6.28. The third-order valence-electron chi connectivity index (χ3n) is 1.71. The number of carbonyl (C=O) groups is 1. The minimum Gasteiger partial charge on any atom is -0.466 e. The fourth-order valence-corrected chi connectivity index (χ4v) is 1.05. The molecule has 0 saturated heterocycles. The molecule has 0 aliphatic heterocycles. The summed E-state index contributed by atoms with van der Waals surface area (Å²) >= 11 is 0. The van der Waals surface area contributed by atoms with E-state index in [1.165, 1.54) is 13.2 Å². The molecule has 1 rings (SSSR count). The summed E-state index contributed by atoms with van der Waals surface area (Å²) < 4.78 is 4.46. The van der Waals surface area contributed by atoms with Crippen molar-refractivity contribution in [3.63, 3.8) is 0 Å². The molecule has 4 heteroatoms. The van der Waals surface area contributed by atoms with Gasteiger partial charge in [-0.3, -0.25) is 0 Å². The fraction of sp³-hybridized carbons (Fsp3) is 0.571. The third kappa shape index (κ3) is 1.58. The van der Waals surface area contributed by atoms with Crippen LogP contribution in [0.3, 0.4) is 0 Å². The van der Waals surface area contributed by atoms with Gasteiger partial charge in [0.15, 0.2) is 0 Å². The highest BCUT2D eigenvalue weighted by atomic mass is 16.5. The molecule has 0 aromatic rings. The van der Waals surface area contributed by atoms with E-state index in [1.807, 2.05) is 0 Å². The topological polar surface area (TPSA) is 72.5 Å². The first-order valence-electron chi connectivity index (χ1n) is 3.38.